The van der Waals surface area contributed by atoms with Gasteiger partial charge in [0.15, 0.2) is 5.78 Å². The van der Waals surface area contributed by atoms with Crippen LogP contribution < -0.4 is 4.31 Å². The van der Waals surface area contributed by atoms with Gasteiger partial charge in [-0.1, -0.05) is 29.8 Å². The Morgan fingerprint density at radius 3 is 2.57 bits per heavy atom. The van der Waals surface area contributed by atoms with Gasteiger partial charge in [0.2, 0.25) is 0 Å². The molecule has 0 fully saturated rings. The second-order valence-electron chi connectivity index (χ2n) is 4.72. The smallest absolute Gasteiger partial charge is 0.264 e. The minimum absolute atomic E-state index is 0.0388. The number of carbonyl (C=O) groups is 1. The van der Waals surface area contributed by atoms with Crippen molar-refractivity contribution in [3.05, 3.63) is 59.1 Å². The maximum Gasteiger partial charge on any atom is 0.264 e. The highest BCUT2D eigenvalue weighted by atomic mass is 35.5. The second kappa shape index (κ2) is 5.16. The van der Waals surface area contributed by atoms with Crippen molar-refractivity contribution in [2.45, 2.75) is 11.3 Å². The van der Waals surface area contributed by atoms with E-state index in [9.17, 15) is 13.2 Å². The van der Waals surface area contributed by atoms with Crippen molar-refractivity contribution < 1.29 is 13.2 Å². The van der Waals surface area contributed by atoms with Crippen LogP contribution in [0.4, 0.5) is 5.69 Å². The molecule has 108 valence electrons. The van der Waals surface area contributed by atoms with E-state index in [0.717, 1.165) is 0 Å². The summed E-state index contributed by atoms with van der Waals surface area (Å²) in [5.41, 5.74) is 0.864. The van der Waals surface area contributed by atoms with Gasteiger partial charge < -0.3 is 0 Å². The van der Waals surface area contributed by atoms with Gasteiger partial charge >= 0.3 is 0 Å². The van der Waals surface area contributed by atoms with E-state index in [1.165, 1.54) is 16.4 Å². The van der Waals surface area contributed by atoms with Crippen LogP contribution in [-0.2, 0) is 10.0 Å². The van der Waals surface area contributed by atoms with Gasteiger partial charge in [0.1, 0.15) is 0 Å². The lowest BCUT2D eigenvalue weighted by Crippen LogP contribution is -2.37. The zero-order chi connectivity index (χ0) is 15.0. The molecule has 0 spiro atoms. The van der Waals surface area contributed by atoms with Crippen LogP contribution in [0.5, 0.6) is 0 Å². The molecule has 0 saturated heterocycles. The van der Waals surface area contributed by atoms with E-state index in [4.69, 9.17) is 11.6 Å². The minimum atomic E-state index is -3.72. The Hall–Kier alpha value is -1.85. The fraction of sp³-hybridized carbons (Fsp3) is 0.133. The van der Waals surface area contributed by atoms with Gasteiger partial charge in [-0.25, -0.2) is 8.42 Å². The number of hydrogen-bond acceptors (Lipinski definition) is 3. The van der Waals surface area contributed by atoms with Gasteiger partial charge in [0.05, 0.1) is 10.6 Å². The number of Topliss-reactive ketones (excluding diaryl/α,β-unsaturated/α-hetero) is 1. The summed E-state index contributed by atoms with van der Waals surface area (Å²) < 4.78 is 26.8. The third kappa shape index (κ3) is 2.43. The molecule has 2 aromatic carbocycles. The van der Waals surface area contributed by atoms with Gasteiger partial charge in [-0.15, -0.1) is 0 Å². The number of ketones is 1. The number of benzene rings is 2. The molecule has 4 nitrogen and oxygen atoms in total. The zero-order valence-electron chi connectivity index (χ0n) is 11.0. The highest BCUT2D eigenvalue weighted by Crippen LogP contribution is 2.32. The molecule has 1 heterocycles. The standard InChI is InChI=1S/C15H12ClNO3S/c16-11-4-3-5-12(10-11)21(19,20)17-9-8-15(18)13-6-1-2-7-14(13)17/h1-7,10H,8-9H2. The largest absolute Gasteiger partial charge is 0.294 e. The summed E-state index contributed by atoms with van der Waals surface area (Å²) in [5, 5.41) is 0.359. The molecule has 3 rings (SSSR count). The first-order chi connectivity index (χ1) is 10.00. The Balaban J connectivity index is 2.13. The van der Waals surface area contributed by atoms with E-state index in [1.54, 1.807) is 36.4 Å². The van der Waals surface area contributed by atoms with E-state index in [0.29, 0.717) is 16.3 Å². The summed E-state index contributed by atoms with van der Waals surface area (Å²) in [4.78, 5) is 12.0. The Bertz CT molecular complexity index is 817. The van der Waals surface area contributed by atoms with Crippen LogP contribution in [0.25, 0.3) is 0 Å². The summed E-state index contributed by atoms with van der Waals surface area (Å²) in [5.74, 6) is -0.0388. The summed E-state index contributed by atoms with van der Waals surface area (Å²) in [6, 6.07) is 12.9. The minimum Gasteiger partial charge on any atom is -0.294 e. The molecule has 6 heteroatoms. The summed E-state index contributed by atoms with van der Waals surface area (Å²) in [6.45, 7) is 0.144. The number of anilines is 1. The number of nitrogens with zero attached hydrogens (tertiary/aromatic N) is 1. The molecule has 1 aliphatic rings. The lowest BCUT2D eigenvalue weighted by Gasteiger charge is -2.29. The Labute approximate surface area is 128 Å². The van der Waals surface area contributed by atoms with E-state index < -0.39 is 10.0 Å². The highest BCUT2D eigenvalue weighted by Gasteiger charge is 2.32. The average Bonchev–Trinajstić information content (AvgIpc) is 2.47. The lowest BCUT2D eigenvalue weighted by atomic mass is 10.0. The van der Waals surface area contributed by atoms with Crippen LogP contribution in [0, 0.1) is 0 Å². The van der Waals surface area contributed by atoms with E-state index in [2.05, 4.69) is 0 Å². The predicted molar refractivity (Wildman–Crippen MR) is 81.4 cm³/mol. The quantitative estimate of drug-likeness (QED) is 0.854. The molecular weight excluding hydrogens is 310 g/mol. The van der Waals surface area contributed by atoms with Crippen molar-refractivity contribution >= 4 is 33.1 Å². The number of para-hydroxylation sites is 1. The van der Waals surface area contributed by atoms with Crippen molar-refractivity contribution in [3.8, 4) is 0 Å². The van der Waals surface area contributed by atoms with Crippen LogP contribution in [0.3, 0.4) is 0 Å². The fourth-order valence-electron chi connectivity index (χ4n) is 2.39. The number of fused-ring (bicyclic) bond motifs is 1. The second-order valence-corrected chi connectivity index (χ2v) is 7.02. The predicted octanol–water partition coefficient (Wildman–Crippen LogP) is 3.12. The molecule has 0 aromatic heterocycles. The fourth-order valence-corrected chi connectivity index (χ4v) is 4.18. The first-order valence-electron chi connectivity index (χ1n) is 6.41. The molecule has 0 radical (unpaired) electrons. The Morgan fingerprint density at radius 1 is 1.05 bits per heavy atom. The number of sulfonamides is 1. The van der Waals surface area contributed by atoms with Crippen LogP contribution in [-0.4, -0.2) is 20.7 Å². The van der Waals surface area contributed by atoms with Crippen molar-refractivity contribution in [3.63, 3.8) is 0 Å². The van der Waals surface area contributed by atoms with E-state index in [-0.39, 0.29) is 23.6 Å². The number of halogens is 1. The van der Waals surface area contributed by atoms with Crippen LogP contribution >= 0.6 is 11.6 Å². The molecule has 0 aliphatic carbocycles. The van der Waals surface area contributed by atoms with Crippen molar-refractivity contribution in [1.82, 2.24) is 0 Å². The van der Waals surface area contributed by atoms with E-state index in [1.807, 2.05) is 0 Å². The normalized spacial score (nSPS) is 14.9. The average molecular weight is 322 g/mol. The van der Waals surface area contributed by atoms with Gasteiger partial charge in [0, 0.05) is 23.6 Å². The van der Waals surface area contributed by atoms with Crippen LogP contribution in [0.2, 0.25) is 5.02 Å². The summed E-state index contributed by atoms with van der Waals surface area (Å²) >= 11 is 5.88. The SMILES string of the molecule is O=C1CCN(S(=O)(=O)c2cccc(Cl)c2)c2ccccc21. The maximum atomic E-state index is 12.8. The molecule has 0 unspecified atom stereocenters. The van der Waals surface area contributed by atoms with E-state index >= 15 is 0 Å². The monoisotopic (exact) mass is 321 g/mol. The summed E-state index contributed by atoms with van der Waals surface area (Å²) in [7, 11) is -3.72. The maximum absolute atomic E-state index is 12.8. The molecule has 0 atom stereocenters. The highest BCUT2D eigenvalue weighted by molar-refractivity contribution is 7.92. The van der Waals surface area contributed by atoms with Crippen LogP contribution in [0.15, 0.2) is 53.4 Å². The molecule has 21 heavy (non-hydrogen) atoms. The first-order valence-corrected chi connectivity index (χ1v) is 8.22. The van der Waals surface area contributed by atoms with Crippen molar-refractivity contribution in [1.29, 1.82) is 0 Å². The molecule has 0 N–H and O–H groups in total. The molecule has 0 amide bonds. The molecule has 0 saturated carbocycles. The molecular formula is C15H12ClNO3S. The summed E-state index contributed by atoms with van der Waals surface area (Å²) in [6.07, 6.45) is 0.177. The van der Waals surface area contributed by atoms with Gasteiger partial charge in [-0.3, -0.25) is 9.10 Å². The van der Waals surface area contributed by atoms with Crippen molar-refractivity contribution in [2.24, 2.45) is 0 Å². The zero-order valence-corrected chi connectivity index (χ0v) is 12.6. The molecule has 2 aromatic rings. The number of hydrogen-bond donors (Lipinski definition) is 0. The molecule has 1 aliphatic heterocycles. The topological polar surface area (TPSA) is 54.5 Å². The molecule has 0 bridgehead atoms. The lowest BCUT2D eigenvalue weighted by molar-refractivity contribution is 0.0982. The van der Waals surface area contributed by atoms with Crippen LogP contribution in [0.1, 0.15) is 16.8 Å². The first kappa shape index (κ1) is 14.1. The third-order valence-electron chi connectivity index (χ3n) is 3.40. The Kier molecular flexibility index (Phi) is 3.47. The van der Waals surface area contributed by atoms with Gasteiger partial charge in [-0.05, 0) is 30.3 Å². The van der Waals surface area contributed by atoms with Crippen molar-refractivity contribution in [2.75, 3.05) is 10.8 Å². The third-order valence-corrected chi connectivity index (χ3v) is 5.44. The number of carbonyl (C=O) groups excluding carboxylic acids is 1. The Morgan fingerprint density at radius 2 is 1.81 bits per heavy atom. The van der Waals surface area contributed by atoms with Gasteiger partial charge in [-0.2, -0.15) is 0 Å². The number of rotatable bonds is 2. The van der Waals surface area contributed by atoms with Gasteiger partial charge in [0.25, 0.3) is 10.0 Å².